The second kappa shape index (κ2) is 5.06. The molecule has 0 saturated heterocycles. The third kappa shape index (κ3) is 5.92. The smallest absolute Gasteiger partial charge is 0.100 e. The molecule has 0 fully saturated rings. The third-order valence-electron chi connectivity index (χ3n) is 0.951. The maximum atomic E-state index is 5.12. The van der Waals surface area contributed by atoms with E-state index in [0.29, 0.717) is 0 Å². The van der Waals surface area contributed by atoms with Crippen molar-refractivity contribution < 1.29 is 9.64 Å². The Hall–Kier alpha value is -0.0800. The number of ether oxygens (including phenoxy) is 1. The van der Waals surface area contributed by atoms with Crippen LogP contribution in [-0.4, -0.2) is 33.9 Å². The lowest BCUT2D eigenvalue weighted by Crippen LogP contribution is -3.06. The van der Waals surface area contributed by atoms with Crippen LogP contribution in [0.1, 0.15) is 6.92 Å². The highest BCUT2D eigenvalue weighted by Crippen LogP contribution is 1.65. The van der Waals surface area contributed by atoms with Gasteiger partial charge >= 0.3 is 0 Å². The molecule has 0 aliphatic heterocycles. The second-order valence-electron chi connectivity index (χ2n) is 2.15. The first-order valence-corrected chi connectivity index (χ1v) is 3.14. The van der Waals surface area contributed by atoms with Gasteiger partial charge in [0.2, 0.25) is 0 Å². The third-order valence-corrected chi connectivity index (χ3v) is 0.951. The van der Waals surface area contributed by atoms with E-state index in [1.807, 2.05) is 6.92 Å². The molecule has 0 aliphatic carbocycles. The first kappa shape index (κ1) is 7.92. The number of nitrogens with one attached hydrogen (secondary N) is 1. The molecule has 1 N–H and O–H groups in total. The van der Waals surface area contributed by atoms with Crippen LogP contribution in [0.25, 0.3) is 0 Å². The predicted octanol–water partition coefficient (Wildman–Crippen LogP) is -0.833. The zero-order valence-corrected chi connectivity index (χ0v) is 6.03. The minimum absolute atomic E-state index is 0.841. The first-order chi connectivity index (χ1) is 3.77. The van der Waals surface area contributed by atoms with Crippen molar-refractivity contribution >= 4 is 0 Å². The predicted molar refractivity (Wildman–Crippen MR) is 34.2 cm³/mol. The number of quaternary nitrogens is 1. The van der Waals surface area contributed by atoms with Crippen LogP contribution >= 0.6 is 0 Å². The van der Waals surface area contributed by atoms with Crippen LogP contribution in [0.5, 0.6) is 0 Å². The van der Waals surface area contributed by atoms with Crippen LogP contribution in [0.15, 0.2) is 0 Å². The Bertz CT molecular complexity index is 45.8. The molecule has 0 atom stereocenters. The van der Waals surface area contributed by atoms with Crippen LogP contribution in [0, 0.1) is 0 Å². The van der Waals surface area contributed by atoms with Crippen LogP contribution in [-0.2, 0) is 4.74 Å². The molecule has 0 saturated carbocycles. The Morgan fingerprint density at radius 1 is 1.38 bits per heavy atom. The summed E-state index contributed by atoms with van der Waals surface area (Å²) in [5, 5.41) is 0. The largest absolute Gasteiger partial charge is 0.376 e. The van der Waals surface area contributed by atoms with Gasteiger partial charge in [-0.3, -0.25) is 0 Å². The summed E-state index contributed by atoms with van der Waals surface area (Å²) in [5.74, 6) is 0. The molecule has 0 aromatic rings. The quantitative estimate of drug-likeness (QED) is 0.476. The lowest BCUT2D eigenvalue weighted by atomic mass is 10.6. The molecule has 0 rings (SSSR count). The fraction of sp³-hybridized carbons (Fsp3) is 1.00. The summed E-state index contributed by atoms with van der Waals surface area (Å²) in [4.78, 5) is 1.44. The summed E-state index contributed by atoms with van der Waals surface area (Å²) >= 11 is 0. The van der Waals surface area contributed by atoms with E-state index in [9.17, 15) is 0 Å². The Morgan fingerprint density at radius 2 is 2.00 bits per heavy atom. The lowest BCUT2D eigenvalue weighted by Gasteiger charge is -2.05. The maximum Gasteiger partial charge on any atom is 0.100 e. The summed E-state index contributed by atoms with van der Waals surface area (Å²) in [6.45, 7) is 4.85. The fourth-order valence-electron chi connectivity index (χ4n) is 0.421. The monoisotopic (exact) mass is 118 g/mol. The molecule has 0 aliphatic rings. The molecule has 0 spiro atoms. The van der Waals surface area contributed by atoms with Gasteiger partial charge < -0.3 is 9.64 Å². The Kier molecular flexibility index (Phi) is 5.01. The number of rotatable bonds is 4. The fourth-order valence-corrected chi connectivity index (χ4v) is 0.421. The Balaban J connectivity index is 2.72. The zero-order valence-electron chi connectivity index (χ0n) is 6.03. The van der Waals surface area contributed by atoms with Crippen LogP contribution in [0.3, 0.4) is 0 Å². The van der Waals surface area contributed by atoms with Crippen molar-refractivity contribution in [2.75, 3.05) is 33.9 Å². The molecular formula is C6H16NO+. The first-order valence-electron chi connectivity index (χ1n) is 3.14. The highest BCUT2D eigenvalue weighted by atomic mass is 16.5. The molecule has 0 aromatic carbocycles. The van der Waals surface area contributed by atoms with Crippen LogP contribution < -0.4 is 4.90 Å². The highest BCUT2D eigenvalue weighted by molar-refractivity contribution is 4.20. The SMILES string of the molecule is CCOCC[NH+](C)C. The van der Waals surface area contributed by atoms with E-state index in [4.69, 9.17) is 4.74 Å². The second-order valence-corrected chi connectivity index (χ2v) is 2.15. The zero-order chi connectivity index (χ0) is 6.41. The molecule has 50 valence electrons. The Morgan fingerprint density at radius 3 is 2.38 bits per heavy atom. The van der Waals surface area contributed by atoms with E-state index in [1.54, 1.807) is 0 Å². The van der Waals surface area contributed by atoms with Gasteiger partial charge in [0.1, 0.15) is 6.54 Å². The topological polar surface area (TPSA) is 13.7 Å². The van der Waals surface area contributed by atoms with E-state index in [0.717, 1.165) is 19.8 Å². The molecule has 2 heteroatoms. The summed E-state index contributed by atoms with van der Waals surface area (Å²) in [6, 6.07) is 0. The maximum absolute atomic E-state index is 5.12. The van der Waals surface area contributed by atoms with Gasteiger partial charge in [-0.05, 0) is 6.92 Å². The van der Waals surface area contributed by atoms with Gasteiger partial charge in [-0.25, -0.2) is 0 Å². The van der Waals surface area contributed by atoms with Gasteiger partial charge in [-0.1, -0.05) is 0 Å². The summed E-state index contributed by atoms with van der Waals surface area (Å²) in [6.07, 6.45) is 0. The number of likely N-dealkylation sites (N-methyl/N-ethyl adjacent to an activating group) is 1. The summed E-state index contributed by atoms with van der Waals surface area (Å²) < 4.78 is 5.12. The molecule has 0 radical (unpaired) electrons. The van der Waals surface area contributed by atoms with Gasteiger partial charge in [-0.2, -0.15) is 0 Å². The van der Waals surface area contributed by atoms with Crippen LogP contribution in [0.2, 0.25) is 0 Å². The van der Waals surface area contributed by atoms with Crippen molar-refractivity contribution in [2.45, 2.75) is 6.92 Å². The summed E-state index contributed by atoms with van der Waals surface area (Å²) in [5.41, 5.74) is 0. The minimum Gasteiger partial charge on any atom is -0.376 e. The van der Waals surface area contributed by atoms with Gasteiger partial charge in [0, 0.05) is 6.61 Å². The average molecular weight is 118 g/mol. The van der Waals surface area contributed by atoms with E-state index in [2.05, 4.69) is 14.1 Å². The van der Waals surface area contributed by atoms with Crippen molar-refractivity contribution in [3.63, 3.8) is 0 Å². The molecule has 0 bridgehead atoms. The van der Waals surface area contributed by atoms with Gasteiger partial charge in [0.25, 0.3) is 0 Å². The molecule has 8 heavy (non-hydrogen) atoms. The lowest BCUT2D eigenvalue weighted by molar-refractivity contribution is -0.858. The van der Waals surface area contributed by atoms with Gasteiger partial charge in [0.15, 0.2) is 0 Å². The van der Waals surface area contributed by atoms with Crippen molar-refractivity contribution in [2.24, 2.45) is 0 Å². The minimum atomic E-state index is 0.841. The van der Waals surface area contributed by atoms with Gasteiger partial charge in [-0.15, -0.1) is 0 Å². The van der Waals surface area contributed by atoms with E-state index in [-0.39, 0.29) is 0 Å². The highest BCUT2D eigenvalue weighted by Gasteiger charge is 1.89. The van der Waals surface area contributed by atoms with Gasteiger partial charge in [0.05, 0.1) is 20.7 Å². The van der Waals surface area contributed by atoms with E-state index in [1.165, 1.54) is 4.90 Å². The molecule has 0 amide bonds. The van der Waals surface area contributed by atoms with E-state index >= 15 is 0 Å². The average Bonchev–Trinajstić information content (AvgIpc) is 1.66. The van der Waals surface area contributed by atoms with Crippen molar-refractivity contribution in [1.82, 2.24) is 0 Å². The molecule has 0 aromatic heterocycles. The number of hydrogen-bond acceptors (Lipinski definition) is 1. The molecular weight excluding hydrogens is 102 g/mol. The van der Waals surface area contributed by atoms with Crippen molar-refractivity contribution in [3.05, 3.63) is 0 Å². The molecule has 2 nitrogen and oxygen atoms in total. The van der Waals surface area contributed by atoms with Crippen molar-refractivity contribution in [3.8, 4) is 0 Å². The normalized spacial score (nSPS) is 10.5. The summed E-state index contributed by atoms with van der Waals surface area (Å²) in [7, 11) is 4.25. The Labute approximate surface area is 51.4 Å². The van der Waals surface area contributed by atoms with E-state index < -0.39 is 0 Å². The molecule has 0 unspecified atom stereocenters. The standard InChI is InChI=1S/C6H15NO/c1-4-8-6-5-7(2)3/h4-6H2,1-3H3/p+1. The van der Waals surface area contributed by atoms with Crippen LogP contribution in [0.4, 0.5) is 0 Å². The molecule has 0 heterocycles. The number of hydrogen-bond donors (Lipinski definition) is 1. The van der Waals surface area contributed by atoms with Crippen molar-refractivity contribution in [1.29, 1.82) is 0 Å².